The van der Waals surface area contributed by atoms with Gasteiger partial charge in [0.15, 0.2) is 0 Å². The van der Waals surface area contributed by atoms with Crippen molar-refractivity contribution in [2.45, 2.75) is 19.8 Å². The number of rotatable bonds is 7. The van der Waals surface area contributed by atoms with E-state index in [0.717, 1.165) is 6.42 Å². The first kappa shape index (κ1) is 15.3. The lowest BCUT2D eigenvalue weighted by atomic mass is 10.0. The molecule has 19 heavy (non-hydrogen) atoms. The number of amides is 1. The van der Waals surface area contributed by atoms with Crippen LogP contribution in [0.25, 0.3) is 0 Å². The van der Waals surface area contributed by atoms with Crippen LogP contribution >= 0.6 is 11.6 Å². The number of nitrogens with one attached hydrogen (secondary N) is 1. The van der Waals surface area contributed by atoms with E-state index in [0.29, 0.717) is 22.8 Å². The van der Waals surface area contributed by atoms with E-state index in [-0.39, 0.29) is 12.3 Å². The molecule has 1 rings (SSSR count). The predicted molar refractivity (Wildman–Crippen MR) is 74.5 cm³/mol. The first-order chi connectivity index (χ1) is 8.93. The summed E-state index contributed by atoms with van der Waals surface area (Å²) in [6.45, 7) is 2.45. The van der Waals surface area contributed by atoms with Crippen LogP contribution in [0.5, 0.6) is 0 Å². The van der Waals surface area contributed by atoms with E-state index < -0.39 is 11.9 Å². The Balaban J connectivity index is 2.67. The van der Waals surface area contributed by atoms with E-state index in [1.165, 1.54) is 6.07 Å². The molecule has 0 fully saturated rings. The van der Waals surface area contributed by atoms with Crippen molar-refractivity contribution in [1.29, 1.82) is 0 Å². The summed E-state index contributed by atoms with van der Waals surface area (Å²) in [4.78, 5) is 21.6. The minimum atomic E-state index is -0.816. The number of benzene rings is 1. The Labute approximate surface area is 116 Å². The molecule has 1 unspecified atom stereocenters. The van der Waals surface area contributed by atoms with Gasteiger partial charge in [-0.1, -0.05) is 24.9 Å². The summed E-state index contributed by atoms with van der Waals surface area (Å²) in [6, 6.07) is 4.73. The molecule has 1 aromatic rings. The summed E-state index contributed by atoms with van der Waals surface area (Å²) >= 11 is 6.02. The van der Waals surface area contributed by atoms with Crippen LogP contribution in [0, 0.1) is 5.92 Å². The van der Waals surface area contributed by atoms with Gasteiger partial charge in [0.25, 0.3) is 0 Å². The molecule has 6 heteroatoms. The molecule has 1 atom stereocenters. The van der Waals surface area contributed by atoms with Crippen LogP contribution in [0.3, 0.4) is 0 Å². The number of anilines is 1. The number of carbonyl (C=O) groups excluding carboxylic acids is 1. The molecule has 104 valence electrons. The van der Waals surface area contributed by atoms with Crippen molar-refractivity contribution in [3.63, 3.8) is 0 Å². The molecule has 1 amide bonds. The lowest BCUT2D eigenvalue weighted by Gasteiger charge is -2.15. The Hall–Kier alpha value is -1.75. The average molecular weight is 285 g/mol. The number of primary amides is 1. The number of carbonyl (C=O) groups is 2. The van der Waals surface area contributed by atoms with Gasteiger partial charge < -0.3 is 16.2 Å². The smallest absolute Gasteiger partial charge is 0.303 e. The SMILES string of the molecule is CCC(CNc1ccc(C(N)=O)cc1Cl)CC(=O)O. The normalized spacial score (nSPS) is 11.9. The van der Waals surface area contributed by atoms with Crippen molar-refractivity contribution in [3.8, 4) is 0 Å². The van der Waals surface area contributed by atoms with E-state index in [4.69, 9.17) is 22.4 Å². The highest BCUT2D eigenvalue weighted by Gasteiger charge is 2.12. The fourth-order valence-electron chi connectivity index (χ4n) is 1.67. The number of carboxylic acid groups (broad SMARTS) is 1. The highest BCUT2D eigenvalue weighted by atomic mass is 35.5. The summed E-state index contributed by atoms with van der Waals surface area (Å²) in [5, 5.41) is 12.2. The van der Waals surface area contributed by atoms with Gasteiger partial charge in [-0.2, -0.15) is 0 Å². The number of carboxylic acids is 1. The summed E-state index contributed by atoms with van der Waals surface area (Å²) in [5.74, 6) is -1.32. The quantitative estimate of drug-likeness (QED) is 0.716. The first-order valence-electron chi connectivity index (χ1n) is 5.99. The first-order valence-corrected chi connectivity index (χ1v) is 6.36. The second-order valence-corrected chi connectivity index (χ2v) is 4.72. The molecule has 0 saturated carbocycles. The molecular weight excluding hydrogens is 268 g/mol. The molecule has 0 saturated heterocycles. The highest BCUT2D eigenvalue weighted by Crippen LogP contribution is 2.23. The molecule has 0 spiro atoms. The van der Waals surface area contributed by atoms with Crippen molar-refractivity contribution in [2.24, 2.45) is 11.7 Å². The van der Waals surface area contributed by atoms with E-state index in [9.17, 15) is 9.59 Å². The highest BCUT2D eigenvalue weighted by molar-refractivity contribution is 6.33. The van der Waals surface area contributed by atoms with Gasteiger partial charge in [-0.3, -0.25) is 9.59 Å². The Morgan fingerprint density at radius 1 is 1.47 bits per heavy atom. The second kappa shape index (κ2) is 6.99. The Kier molecular flexibility index (Phi) is 5.63. The molecule has 1 aromatic carbocycles. The van der Waals surface area contributed by atoms with Gasteiger partial charge in [-0.15, -0.1) is 0 Å². The zero-order valence-corrected chi connectivity index (χ0v) is 11.4. The Bertz CT molecular complexity index is 477. The zero-order valence-electron chi connectivity index (χ0n) is 10.6. The molecular formula is C13H17ClN2O3. The van der Waals surface area contributed by atoms with Crippen molar-refractivity contribution in [3.05, 3.63) is 28.8 Å². The van der Waals surface area contributed by atoms with Crippen LogP contribution < -0.4 is 11.1 Å². The zero-order chi connectivity index (χ0) is 14.4. The lowest BCUT2D eigenvalue weighted by molar-refractivity contribution is -0.138. The summed E-state index contributed by atoms with van der Waals surface area (Å²) in [6.07, 6.45) is 0.872. The number of aliphatic carboxylic acids is 1. The summed E-state index contributed by atoms with van der Waals surface area (Å²) in [5.41, 5.74) is 6.15. The van der Waals surface area contributed by atoms with Crippen molar-refractivity contribution >= 4 is 29.2 Å². The van der Waals surface area contributed by atoms with Crippen molar-refractivity contribution in [2.75, 3.05) is 11.9 Å². The molecule has 0 aliphatic heterocycles. The van der Waals surface area contributed by atoms with Crippen LogP contribution in [-0.2, 0) is 4.79 Å². The topological polar surface area (TPSA) is 92.4 Å². The van der Waals surface area contributed by atoms with Gasteiger partial charge in [-0.05, 0) is 24.1 Å². The van der Waals surface area contributed by atoms with Gasteiger partial charge in [0.1, 0.15) is 0 Å². The van der Waals surface area contributed by atoms with Gasteiger partial charge in [0.2, 0.25) is 5.91 Å². The van der Waals surface area contributed by atoms with E-state index in [1.54, 1.807) is 12.1 Å². The maximum absolute atomic E-state index is 11.0. The third kappa shape index (κ3) is 4.79. The number of hydrogen-bond donors (Lipinski definition) is 3. The van der Waals surface area contributed by atoms with Gasteiger partial charge >= 0.3 is 5.97 Å². The maximum atomic E-state index is 11.0. The molecule has 0 aromatic heterocycles. The van der Waals surface area contributed by atoms with E-state index in [1.807, 2.05) is 6.92 Å². The maximum Gasteiger partial charge on any atom is 0.303 e. The van der Waals surface area contributed by atoms with Gasteiger partial charge in [-0.25, -0.2) is 0 Å². The fraction of sp³-hybridized carbons (Fsp3) is 0.385. The minimum Gasteiger partial charge on any atom is -0.481 e. The van der Waals surface area contributed by atoms with E-state index in [2.05, 4.69) is 5.32 Å². The Morgan fingerprint density at radius 2 is 2.16 bits per heavy atom. The average Bonchev–Trinajstić information content (AvgIpc) is 2.34. The lowest BCUT2D eigenvalue weighted by Crippen LogP contribution is -2.17. The molecule has 0 heterocycles. The van der Waals surface area contributed by atoms with Crippen LogP contribution in [0.4, 0.5) is 5.69 Å². The summed E-state index contributed by atoms with van der Waals surface area (Å²) in [7, 11) is 0. The third-order valence-electron chi connectivity index (χ3n) is 2.88. The van der Waals surface area contributed by atoms with Gasteiger partial charge in [0, 0.05) is 18.5 Å². The van der Waals surface area contributed by atoms with Crippen LogP contribution in [0.15, 0.2) is 18.2 Å². The number of halogens is 1. The van der Waals surface area contributed by atoms with Gasteiger partial charge in [0.05, 0.1) is 10.7 Å². The number of hydrogen-bond acceptors (Lipinski definition) is 3. The minimum absolute atomic E-state index is 0.0318. The number of nitrogens with two attached hydrogens (primary N) is 1. The molecule has 4 N–H and O–H groups in total. The molecule has 0 radical (unpaired) electrons. The molecule has 0 bridgehead atoms. The molecule has 5 nitrogen and oxygen atoms in total. The third-order valence-corrected chi connectivity index (χ3v) is 3.19. The van der Waals surface area contributed by atoms with Crippen molar-refractivity contribution in [1.82, 2.24) is 0 Å². The second-order valence-electron chi connectivity index (χ2n) is 4.31. The predicted octanol–water partition coefficient (Wildman–Crippen LogP) is 2.35. The van der Waals surface area contributed by atoms with E-state index >= 15 is 0 Å². The summed E-state index contributed by atoms with van der Waals surface area (Å²) < 4.78 is 0. The van der Waals surface area contributed by atoms with Crippen LogP contribution in [0.1, 0.15) is 30.1 Å². The van der Waals surface area contributed by atoms with Crippen molar-refractivity contribution < 1.29 is 14.7 Å². The van der Waals surface area contributed by atoms with Crippen LogP contribution in [0.2, 0.25) is 5.02 Å². The fourth-order valence-corrected chi connectivity index (χ4v) is 1.92. The van der Waals surface area contributed by atoms with Crippen LogP contribution in [-0.4, -0.2) is 23.5 Å². The largest absolute Gasteiger partial charge is 0.481 e. The molecule has 0 aliphatic carbocycles. The standard InChI is InChI=1S/C13H17ClN2O3/c1-2-8(5-12(17)18)7-16-11-4-3-9(13(15)19)6-10(11)14/h3-4,6,8,16H,2,5,7H2,1H3,(H2,15,19)(H,17,18). The monoisotopic (exact) mass is 284 g/mol. The Morgan fingerprint density at radius 3 is 2.63 bits per heavy atom. The molecule has 0 aliphatic rings.